The largest absolute Gasteiger partial charge is 0.484 e. The highest BCUT2D eigenvalue weighted by molar-refractivity contribution is 5.82. The second-order valence-corrected chi connectivity index (χ2v) is 7.66. The minimum absolute atomic E-state index is 0.0383. The van der Waals surface area contributed by atoms with E-state index >= 15 is 0 Å². The summed E-state index contributed by atoms with van der Waals surface area (Å²) in [7, 11) is 0. The van der Waals surface area contributed by atoms with Crippen LogP contribution in [0.5, 0.6) is 5.75 Å². The monoisotopic (exact) mass is 347 g/mol. The Morgan fingerprint density at radius 3 is 2.44 bits per heavy atom. The third-order valence-corrected chi connectivity index (χ3v) is 4.16. The van der Waals surface area contributed by atoms with Crippen LogP contribution in [-0.2, 0) is 16.0 Å². The van der Waals surface area contributed by atoms with E-state index in [2.05, 4.69) is 10.6 Å². The van der Waals surface area contributed by atoms with Gasteiger partial charge in [-0.05, 0) is 42.4 Å². The van der Waals surface area contributed by atoms with Crippen LogP contribution in [0.3, 0.4) is 0 Å². The number of nitrogens with one attached hydrogen (secondary N) is 2. The standard InChI is InChI=1S/C19H29N3O3/c1-19(2,3)17(20)18(24)21-11-10-13-4-8-15(9-5-13)25-12-16(23)22-14-6-7-14/h4-5,8-9,14,17H,6-7,10-12,20H2,1-3H3,(H,21,24)(H,22,23)/t17-/m1/s1. The smallest absolute Gasteiger partial charge is 0.258 e. The molecule has 6 nitrogen and oxygen atoms in total. The van der Waals surface area contributed by atoms with Crippen LogP contribution < -0.4 is 21.1 Å². The van der Waals surface area contributed by atoms with Crippen molar-refractivity contribution in [3.63, 3.8) is 0 Å². The molecule has 0 saturated heterocycles. The van der Waals surface area contributed by atoms with Gasteiger partial charge in [0.25, 0.3) is 5.91 Å². The van der Waals surface area contributed by atoms with Crippen LogP contribution in [0.1, 0.15) is 39.2 Å². The van der Waals surface area contributed by atoms with Crippen LogP contribution in [0, 0.1) is 5.41 Å². The molecule has 1 aliphatic rings. The maximum Gasteiger partial charge on any atom is 0.258 e. The number of nitrogens with two attached hydrogens (primary N) is 1. The van der Waals surface area contributed by atoms with Crippen LogP contribution in [0.15, 0.2) is 24.3 Å². The third kappa shape index (κ3) is 6.74. The molecule has 0 aliphatic heterocycles. The summed E-state index contributed by atoms with van der Waals surface area (Å²) in [5.41, 5.74) is 6.75. The van der Waals surface area contributed by atoms with E-state index < -0.39 is 6.04 Å². The fourth-order valence-electron chi connectivity index (χ4n) is 2.23. The van der Waals surface area contributed by atoms with E-state index in [0.717, 1.165) is 18.4 Å². The number of rotatable bonds is 8. The van der Waals surface area contributed by atoms with Gasteiger partial charge in [-0.1, -0.05) is 32.9 Å². The van der Waals surface area contributed by atoms with Gasteiger partial charge in [0.2, 0.25) is 5.91 Å². The van der Waals surface area contributed by atoms with Gasteiger partial charge < -0.3 is 21.1 Å². The molecule has 0 bridgehead atoms. The average Bonchev–Trinajstić information content (AvgIpc) is 3.36. The molecule has 1 fully saturated rings. The van der Waals surface area contributed by atoms with Gasteiger partial charge in [-0.3, -0.25) is 9.59 Å². The molecule has 0 radical (unpaired) electrons. The Kier molecular flexibility index (Phi) is 6.42. The average molecular weight is 347 g/mol. The highest BCUT2D eigenvalue weighted by Gasteiger charge is 2.27. The zero-order valence-electron chi connectivity index (χ0n) is 15.3. The van der Waals surface area contributed by atoms with Gasteiger partial charge in [-0.25, -0.2) is 0 Å². The molecule has 0 spiro atoms. The summed E-state index contributed by atoms with van der Waals surface area (Å²) in [6.07, 6.45) is 2.85. The SMILES string of the molecule is CC(C)(C)[C@H](N)C(=O)NCCc1ccc(OCC(=O)NC2CC2)cc1. The summed E-state index contributed by atoms with van der Waals surface area (Å²) in [6, 6.07) is 7.36. The fourth-order valence-corrected chi connectivity index (χ4v) is 2.23. The Bertz CT molecular complexity index is 589. The van der Waals surface area contributed by atoms with Gasteiger partial charge in [0.05, 0.1) is 6.04 Å². The molecule has 0 unspecified atom stereocenters. The van der Waals surface area contributed by atoms with Crippen molar-refractivity contribution < 1.29 is 14.3 Å². The first-order chi connectivity index (χ1) is 11.8. The molecule has 2 rings (SSSR count). The first-order valence-electron chi connectivity index (χ1n) is 8.80. The molecule has 6 heteroatoms. The molecule has 1 aliphatic carbocycles. The summed E-state index contributed by atoms with van der Waals surface area (Å²) in [5.74, 6) is 0.451. The Morgan fingerprint density at radius 1 is 1.24 bits per heavy atom. The number of amides is 2. The maximum atomic E-state index is 12.0. The zero-order chi connectivity index (χ0) is 18.4. The summed E-state index contributed by atoms with van der Waals surface area (Å²) in [5, 5.41) is 5.75. The minimum Gasteiger partial charge on any atom is -0.484 e. The second kappa shape index (κ2) is 8.34. The van der Waals surface area contributed by atoms with Gasteiger partial charge in [0.15, 0.2) is 6.61 Å². The molecule has 0 heterocycles. The molecule has 4 N–H and O–H groups in total. The van der Waals surface area contributed by atoms with E-state index in [4.69, 9.17) is 10.5 Å². The normalized spacial score (nSPS) is 15.4. The number of carbonyl (C=O) groups is 2. The summed E-state index contributed by atoms with van der Waals surface area (Å²) in [4.78, 5) is 23.5. The van der Waals surface area contributed by atoms with Crippen molar-refractivity contribution in [2.75, 3.05) is 13.2 Å². The van der Waals surface area contributed by atoms with Crippen LogP contribution in [0.4, 0.5) is 0 Å². The number of hydrogen-bond acceptors (Lipinski definition) is 4. The summed E-state index contributed by atoms with van der Waals surface area (Å²) < 4.78 is 5.46. The first kappa shape index (κ1) is 19.2. The summed E-state index contributed by atoms with van der Waals surface area (Å²) in [6.45, 7) is 6.41. The maximum absolute atomic E-state index is 12.0. The Balaban J connectivity index is 1.69. The second-order valence-electron chi connectivity index (χ2n) is 7.66. The van der Waals surface area contributed by atoms with Crippen LogP contribution in [0.2, 0.25) is 0 Å². The molecular weight excluding hydrogens is 318 g/mol. The Hall–Kier alpha value is -2.08. The zero-order valence-corrected chi connectivity index (χ0v) is 15.3. The molecular formula is C19H29N3O3. The minimum atomic E-state index is -0.523. The van der Waals surface area contributed by atoms with E-state index in [1.54, 1.807) is 0 Å². The van der Waals surface area contributed by atoms with Crippen LogP contribution in [0.25, 0.3) is 0 Å². The van der Waals surface area contributed by atoms with E-state index in [1.807, 2.05) is 45.0 Å². The quantitative estimate of drug-likeness (QED) is 0.662. The van der Waals surface area contributed by atoms with Gasteiger partial charge >= 0.3 is 0 Å². The van der Waals surface area contributed by atoms with E-state index in [0.29, 0.717) is 24.8 Å². The topological polar surface area (TPSA) is 93.5 Å². The van der Waals surface area contributed by atoms with Crippen molar-refractivity contribution in [2.24, 2.45) is 11.1 Å². The molecule has 25 heavy (non-hydrogen) atoms. The van der Waals surface area contributed by atoms with Gasteiger partial charge in [-0.15, -0.1) is 0 Å². The number of carbonyl (C=O) groups excluding carboxylic acids is 2. The lowest BCUT2D eigenvalue weighted by molar-refractivity contribution is -0.124. The fraction of sp³-hybridized carbons (Fsp3) is 0.579. The van der Waals surface area contributed by atoms with Crippen molar-refractivity contribution in [1.82, 2.24) is 10.6 Å². The van der Waals surface area contributed by atoms with Gasteiger partial charge in [-0.2, -0.15) is 0 Å². The Morgan fingerprint density at radius 2 is 1.88 bits per heavy atom. The van der Waals surface area contributed by atoms with Crippen molar-refractivity contribution in [3.8, 4) is 5.75 Å². The third-order valence-electron chi connectivity index (χ3n) is 4.16. The van der Waals surface area contributed by atoms with Crippen molar-refractivity contribution in [2.45, 2.75) is 52.1 Å². The van der Waals surface area contributed by atoms with E-state index in [-0.39, 0.29) is 23.8 Å². The van der Waals surface area contributed by atoms with Crippen molar-refractivity contribution >= 4 is 11.8 Å². The van der Waals surface area contributed by atoms with Crippen molar-refractivity contribution in [1.29, 1.82) is 0 Å². The molecule has 1 aromatic carbocycles. The summed E-state index contributed by atoms with van der Waals surface area (Å²) >= 11 is 0. The highest BCUT2D eigenvalue weighted by Crippen LogP contribution is 2.19. The van der Waals surface area contributed by atoms with E-state index in [9.17, 15) is 9.59 Å². The van der Waals surface area contributed by atoms with Crippen LogP contribution in [-0.4, -0.2) is 37.0 Å². The molecule has 0 aromatic heterocycles. The number of hydrogen-bond donors (Lipinski definition) is 3. The lowest BCUT2D eigenvalue weighted by Gasteiger charge is -2.25. The lowest BCUT2D eigenvalue weighted by Crippen LogP contribution is -2.48. The molecule has 1 saturated carbocycles. The predicted octanol–water partition coefficient (Wildman–Crippen LogP) is 1.38. The van der Waals surface area contributed by atoms with Crippen LogP contribution >= 0.6 is 0 Å². The molecule has 138 valence electrons. The highest BCUT2D eigenvalue weighted by atomic mass is 16.5. The molecule has 1 aromatic rings. The lowest BCUT2D eigenvalue weighted by atomic mass is 9.87. The number of benzene rings is 1. The number of ether oxygens (including phenoxy) is 1. The van der Waals surface area contributed by atoms with Gasteiger partial charge in [0, 0.05) is 12.6 Å². The predicted molar refractivity (Wildman–Crippen MR) is 97.2 cm³/mol. The van der Waals surface area contributed by atoms with E-state index in [1.165, 1.54) is 0 Å². The van der Waals surface area contributed by atoms with Crippen molar-refractivity contribution in [3.05, 3.63) is 29.8 Å². The molecule has 1 atom stereocenters. The first-order valence-corrected chi connectivity index (χ1v) is 8.80. The van der Waals surface area contributed by atoms with Gasteiger partial charge in [0.1, 0.15) is 5.75 Å². The molecule has 2 amide bonds. The Labute approximate surface area is 149 Å².